The monoisotopic (exact) mass is 561 g/mol. The Hall–Kier alpha value is -3.87. The normalized spacial score (nSPS) is 16.8. The minimum atomic E-state index is -0.377. The van der Waals surface area contributed by atoms with Crippen LogP contribution in [-0.2, 0) is 11.2 Å². The van der Waals surface area contributed by atoms with Gasteiger partial charge in [0.1, 0.15) is 11.5 Å². The molecule has 0 radical (unpaired) electrons. The van der Waals surface area contributed by atoms with E-state index in [4.69, 9.17) is 4.74 Å². The molecule has 1 saturated carbocycles. The van der Waals surface area contributed by atoms with Crippen molar-refractivity contribution < 1.29 is 14.3 Å². The van der Waals surface area contributed by atoms with Gasteiger partial charge in [-0.2, -0.15) is 0 Å². The highest BCUT2D eigenvalue weighted by Gasteiger charge is 2.29. The average Bonchev–Trinajstić information content (AvgIpc) is 3.81. The van der Waals surface area contributed by atoms with E-state index in [2.05, 4.69) is 20.9 Å². The number of nitrogens with zero attached hydrogens (tertiary/aromatic N) is 3. The fourth-order valence-corrected chi connectivity index (χ4v) is 6.07. The number of hydrogen-bond acceptors (Lipinski definition) is 6. The van der Waals surface area contributed by atoms with Gasteiger partial charge in [-0.05, 0) is 79.5 Å². The fraction of sp³-hybridized carbons (Fsp3) is 0.361. The summed E-state index contributed by atoms with van der Waals surface area (Å²) in [5.74, 6) is 0.927. The van der Waals surface area contributed by atoms with E-state index in [0.717, 1.165) is 65.1 Å². The van der Waals surface area contributed by atoms with Gasteiger partial charge in [0.15, 0.2) is 0 Å². The summed E-state index contributed by atoms with van der Waals surface area (Å²) in [4.78, 5) is 35.9. The van der Waals surface area contributed by atoms with Crippen LogP contribution in [0, 0.1) is 19.8 Å². The number of fused-ring (bicyclic) bond motifs is 1. The first-order valence-electron chi connectivity index (χ1n) is 15.1. The molecular weight excluding hydrogens is 522 g/mol. The molecule has 1 aromatic heterocycles. The number of aromatic nitrogens is 1. The summed E-state index contributed by atoms with van der Waals surface area (Å²) in [5.41, 5.74) is 4.55. The second-order valence-corrected chi connectivity index (χ2v) is 12.1. The van der Waals surface area contributed by atoms with Crippen LogP contribution in [0.1, 0.15) is 51.4 Å². The Labute approximate surface area is 248 Å². The minimum absolute atomic E-state index is 0.198. The molecule has 0 amide bonds. The van der Waals surface area contributed by atoms with Gasteiger partial charge in [-0.1, -0.05) is 47.5 Å². The van der Waals surface area contributed by atoms with Gasteiger partial charge in [-0.25, -0.2) is 4.79 Å². The maximum Gasteiger partial charge on any atom is 0.343 e. The smallest absolute Gasteiger partial charge is 0.343 e. The molecule has 1 atom stereocenters. The lowest BCUT2D eigenvalue weighted by Crippen LogP contribution is -2.48. The number of piperazine rings is 1. The zero-order chi connectivity index (χ0) is 29.1. The largest absolute Gasteiger partial charge is 0.423 e. The van der Waals surface area contributed by atoms with E-state index in [1.165, 1.54) is 19.4 Å². The Morgan fingerprint density at radius 1 is 0.857 bits per heavy atom. The first-order valence-corrected chi connectivity index (χ1v) is 15.1. The van der Waals surface area contributed by atoms with Crippen LogP contribution in [0.3, 0.4) is 0 Å². The molecule has 1 saturated heterocycles. The Morgan fingerprint density at radius 2 is 1.57 bits per heavy atom. The molecule has 3 aromatic carbocycles. The van der Waals surface area contributed by atoms with Crippen molar-refractivity contribution >= 4 is 22.5 Å². The molecule has 4 aromatic rings. The number of hydrogen-bond donors (Lipinski definition) is 0. The van der Waals surface area contributed by atoms with E-state index >= 15 is 0 Å². The van der Waals surface area contributed by atoms with Gasteiger partial charge < -0.3 is 9.64 Å². The second-order valence-electron chi connectivity index (χ2n) is 12.1. The van der Waals surface area contributed by atoms with E-state index in [1.54, 1.807) is 6.20 Å². The zero-order valence-electron chi connectivity index (χ0n) is 24.6. The van der Waals surface area contributed by atoms with Gasteiger partial charge in [-0.15, -0.1) is 0 Å². The van der Waals surface area contributed by atoms with Gasteiger partial charge in [0.25, 0.3) is 0 Å². The summed E-state index contributed by atoms with van der Waals surface area (Å²) in [7, 11) is 0. The molecule has 6 nitrogen and oxygen atoms in total. The molecular formula is C36H39N3O3. The predicted octanol–water partition coefficient (Wildman–Crippen LogP) is 5.99. The molecule has 1 unspecified atom stereocenters. The van der Waals surface area contributed by atoms with Crippen LogP contribution in [-0.4, -0.2) is 65.8 Å². The van der Waals surface area contributed by atoms with Crippen molar-refractivity contribution in [3.05, 3.63) is 107 Å². The molecule has 216 valence electrons. The van der Waals surface area contributed by atoms with Crippen molar-refractivity contribution in [2.24, 2.45) is 5.92 Å². The standard InChI is InChI=1S/C36H39N3O3/c1-25-17-26(2)19-32(18-25)36(41)42-33-9-7-29(8-10-33)34(24-39-15-13-38(14-16-39)23-27-3-4-27)35(40)21-28-5-6-31-22-37-12-11-30(31)20-28/h5-12,17-20,22,27,34H,3-4,13-16,21,23-24H2,1-2H3. The number of aryl methyl sites for hydroxylation is 2. The van der Waals surface area contributed by atoms with E-state index in [0.29, 0.717) is 24.3 Å². The van der Waals surface area contributed by atoms with Crippen LogP contribution in [0.2, 0.25) is 0 Å². The molecule has 2 fully saturated rings. The summed E-state index contributed by atoms with van der Waals surface area (Å²) < 4.78 is 5.70. The summed E-state index contributed by atoms with van der Waals surface area (Å²) in [6.07, 6.45) is 6.75. The zero-order valence-corrected chi connectivity index (χ0v) is 24.6. The second kappa shape index (κ2) is 12.6. The molecule has 0 spiro atoms. The van der Waals surface area contributed by atoms with Gasteiger partial charge in [-0.3, -0.25) is 14.7 Å². The number of carbonyl (C=O) groups is 2. The minimum Gasteiger partial charge on any atom is -0.423 e. The van der Waals surface area contributed by atoms with Crippen LogP contribution in [0.15, 0.2) is 79.1 Å². The molecule has 2 aliphatic rings. The predicted molar refractivity (Wildman–Crippen MR) is 166 cm³/mol. The van der Waals surface area contributed by atoms with Crippen LogP contribution < -0.4 is 4.74 Å². The number of rotatable bonds is 10. The van der Waals surface area contributed by atoms with E-state index in [9.17, 15) is 9.59 Å². The number of carbonyl (C=O) groups excluding carboxylic acids is 2. The number of ether oxygens (including phenoxy) is 1. The Morgan fingerprint density at radius 3 is 2.29 bits per heavy atom. The van der Waals surface area contributed by atoms with Gasteiger partial charge in [0.05, 0.1) is 11.5 Å². The van der Waals surface area contributed by atoms with Crippen molar-refractivity contribution in [3.63, 3.8) is 0 Å². The Bertz CT molecular complexity index is 1550. The van der Waals surface area contributed by atoms with Crippen molar-refractivity contribution in [2.75, 3.05) is 39.3 Å². The lowest BCUT2D eigenvalue weighted by molar-refractivity contribution is -0.120. The van der Waals surface area contributed by atoms with E-state index in [-0.39, 0.29) is 17.7 Å². The molecule has 2 heterocycles. The highest BCUT2D eigenvalue weighted by Crippen LogP contribution is 2.30. The third kappa shape index (κ3) is 7.12. The topological polar surface area (TPSA) is 62.7 Å². The number of ketones is 1. The lowest BCUT2D eigenvalue weighted by Gasteiger charge is -2.36. The molecule has 6 heteroatoms. The summed E-state index contributed by atoms with van der Waals surface area (Å²) in [6.45, 7) is 9.92. The van der Waals surface area contributed by atoms with Gasteiger partial charge in [0.2, 0.25) is 0 Å². The summed E-state index contributed by atoms with van der Waals surface area (Å²) >= 11 is 0. The summed E-state index contributed by atoms with van der Waals surface area (Å²) in [6, 6.07) is 21.4. The summed E-state index contributed by atoms with van der Waals surface area (Å²) in [5, 5.41) is 2.16. The highest BCUT2D eigenvalue weighted by molar-refractivity contribution is 5.92. The molecule has 42 heavy (non-hydrogen) atoms. The first kappa shape index (κ1) is 28.3. The number of esters is 1. The molecule has 0 bridgehead atoms. The van der Waals surface area contributed by atoms with Gasteiger partial charge in [0, 0.05) is 63.5 Å². The third-order valence-electron chi connectivity index (χ3n) is 8.54. The van der Waals surface area contributed by atoms with Crippen LogP contribution in [0.4, 0.5) is 0 Å². The number of Topliss-reactive ketones (excluding diaryl/α,β-unsaturated/α-hetero) is 1. The van der Waals surface area contributed by atoms with Crippen LogP contribution in [0.5, 0.6) is 5.75 Å². The maximum absolute atomic E-state index is 13.9. The van der Waals surface area contributed by atoms with Crippen molar-refractivity contribution in [2.45, 2.75) is 39.0 Å². The van der Waals surface area contributed by atoms with E-state index < -0.39 is 0 Å². The Kier molecular flexibility index (Phi) is 8.45. The average molecular weight is 562 g/mol. The van der Waals surface area contributed by atoms with Crippen molar-refractivity contribution in [1.29, 1.82) is 0 Å². The highest BCUT2D eigenvalue weighted by atomic mass is 16.5. The third-order valence-corrected chi connectivity index (χ3v) is 8.54. The number of pyridine rings is 1. The molecule has 1 aliphatic carbocycles. The van der Waals surface area contributed by atoms with E-state index in [1.807, 2.05) is 80.7 Å². The maximum atomic E-state index is 13.9. The lowest BCUT2D eigenvalue weighted by atomic mass is 9.89. The Balaban J connectivity index is 1.17. The first-order chi connectivity index (χ1) is 20.4. The number of benzene rings is 3. The fourth-order valence-electron chi connectivity index (χ4n) is 6.07. The van der Waals surface area contributed by atoms with Gasteiger partial charge >= 0.3 is 5.97 Å². The molecule has 6 rings (SSSR count). The molecule has 0 N–H and O–H groups in total. The van der Waals surface area contributed by atoms with Crippen LogP contribution in [0.25, 0.3) is 10.8 Å². The van der Waals surface area contributed by atoms with Crippen molar-refractivity contribution in [1.82, 2.24) is 14.8 Å². The SMILES string of the molecule is Cc1cc(C)cc(C(=O)Oc2ccc(C(CN3CCN(CC4CC4)CC3)C(=O)Cc3ccc4cnccc4c3)cc2)c1. The van der Waals surface area contributed by atoms with Crippen molar-refractivity contribution in [3.8, 4) is 5.75 Å². The molecule has 1 aliphatic heterocycles. The van der Waals surface area contributed by atoms with Crippen LogP contribution >= 0.6 is 0 Å². The quantitative estimate of drug-likeness (QED) is 0.175.